The zero-order valence-electron chi connectivity index (χ0n) is 13.9. The highest BCUT2D eigenvalue weighted by Gasteiger charge is 2.40. The normalized spacial score (nSPS) is 13.2. The first kappa shape index (κ1) is 19.7. The van der Waals surface area contributed by atoms with Gasteiger partial charge in [-0.3, -0.25) is 4.98 Å². The van der Waals surface area contributed by atoms with E-state index in [1.807, 2.05) is 12.1 Å². The lowest BCUT2D eigenvalue weighted by Crippen LogP contribution is -2.29. The van der Waals surface area contributed by atoms with Crippen molar-refractivity contribution in [2.75, 3.05) is 0 Å². The van der Waals surface area contributed by atoms with E-state index in [1.54, 1.807) is 24.4 Å². The van der Waals surface area contributed by atoms with Crippen LogP contribution < -0.4 is 0 Å². The number of aromatic nitrogens is 1. The summed E-state index contributed by atoms with van der Waals surface area (Å²) in [4.78, 5) is 4.33. The first-order chi connectivity index (χ1) is 11.8. The van der Waals surface area contributed by atoms with Crippen molar-refractivity contribution in [3.8, 4) is 0 Å². The molecule has 1 unspecified atom stereocenters. The number of rotatable bonds is 8. The van der Waals surface area contributed by atoms with Gasteiger partial charge >= 0.3 is 12.3 Å². The molecule has 0 fully saturated rings. The van der Waals surface area contributed by atoms with Crippen LogP contribution in [0.5, 0.6) is 0 Å². The number of aryl methyl sites for hydroxylation is 1. The second-order valence-electron chi connectivity index (χ2n) is 6.10. The molecule has 0 radical (unpaired) electrons. The van der Waals surface area contributed by atoms with Crippen LogP contribution in [0.2, 0.25) is 5.02 Å². The highest BCUT2D eigenvalue weighted by molar-refractivity contribution is 6.30. The van der Waals surface area contributed by atoms with Gasteiger partial charge in [0.25, 0.3) is 0 Å². The molecule has 0 bridgehead atoms. The summed E-state index contributed by atoms with van der Waals surface area (Å²) < 4.78 is 51.1. The molecule has 136 valence electrons. The van der Waals surface area contributed by atoms with Crippen LogP contribution in [0, 0.1) is 0 Å². The van der Waals surface area contributed by atoms with Crippen molar-refractivity contribution < 1.29 is 17.6 Å². The molecule has 0 saturated carbocycles. The first-order valence-corrected chi connectivity index (χ1v) is 8.55. The van der Waals surface area contributed by atoms with Gasteiger partial charge in [-0.2, -0.15) is 8.78 Å². The van der Waals surface area contributed by atoms with Crippen molar-refractivity contribution in [1.82, 2.24) is 4.98 Å². The molecule has 1 aromatic carbocycles. The van der Waals surface area contributed by atoms with Crippen LogP contribution in [0.25, 0.3) is 0 Å². The van der Waals surface area contributed by atoms with Crippen molar-refractivity contribution in [2.45, 2.75) is 50.9 Å². The van der Waals surface area contributed by atoms with E-state index in [2.05, 4.69) is 11.9 Å². The van der Waals surface area contributed by atoms with Gasteiger partial charge in [0.05, 0.1) is 5.02 Å². The maximum atomic E-state index is 13.2. The smallest absolute Gasteiger partial charge is 0.259 e. The zero-order valence-corrected chi connectivity index (χ0v) is 14.6. The lowest BCUT2D eigenvalue weighted by molar-refractivity contribution is -0.127. The molecule has 0 N–H and O–H groups in total. The number of hydrogen-bond donors (Lipinski definition) is 0. The van der Waals surface area contributed by atoms with E-state index < -0.39 is 18.8 Å². The van der Waals surface area contributed by atoms with Gasteiger partial charge in [-0.1, -0.05) is 42.8 Å². The highest BCUT2D eigenvalue weighted by atomic mass is 35.5. The van der Waals surface area contributed by atoms with E-state index >= 15 is 0 Å². The van der Waals surface area contributed by atoms with E-state index in [0.717, 1.165) is 24.1 Å². The molecule has 0 aliphatic heterocycles. The van der Waals surface area contributed by atoms with Crippen molar-refractivity contribution >= 4 is 11.6 Å². The topological polar surface area (TPSA) is 12.9 Å². The van der Waals surface area contributed by atoms with Gasteiger partial charge in [0.1, 0.15) is 0 Å². The van der Waals surface area contributed by atoms with E-state index in [4.69, 9.17) is 11.6 Å². The molecule has 25 heavy (non-hydrogen) atoms. The summed E-state index contributed by atoms with van der Waals surface area (Å²) >= 11 is 5.85. The van der Waals surface area contributed by atoms with E-state index in [0.29, 0.717) is 11.4 Å². The van der Waals surface area contributed by atoms with Crippen molar-refractivity contribution in [2.24, 2.45) is 0 Å². The van der Waals surface area contributed by atoms with Crippen LogP contribution in [-0.2, 0) is 12.8 Å². The van der Waals surface area contributed by atoms with Crippen LogP contribution in [-0.4, -0.2) is 17.3 Å². The molecule has 0 amide bonds. The second-order valence-corrected chi connectivity index (χ2v) is 6.54. The van der Waals surface area contributed by atoms with Gasteiger partial charge in [0, 0.05) is 24.2 Å². The monoisotopic (exact) mass is 373 g/mol. The summed E-state index contributed by atoms with van der Waals surface area (Å²) in [5, 5.41) is 0.575. The Labute approximate surface area is 150 Å². The van der Waals surface area contributed by atoms with E-state index in [-0.39, 0.29) is 11.5 Å². The summed E-state index contributed by atoms with van der Waals surface area (Å²) in [7, 11) is 0. The molecule has 6 heteroatoms. The molecule has 0 aliphatic carbocycles. The Balaban J connectivity index is 2.02. The molecular formula is C19H20ClF4N. The quantitative estimate of drug-likeness (QED) is 0.494. The van der Waals surface area contributed by atoms with Crippen LogP contribution in [0.15, 0.2) is 42.6 Å². The van der Waals surface area contributed by atoms with Crippen LogP contribution in [0.3, 0.4) is 0 Å². The molecule has 1 atom stereocenters. The average molecular weight is 374 g/mol. The largest absolute Gasteiger partial charge is 0.311 e. The Hall–Kier alpha value is -1.62. The highest BCUT2D eigenvalue weighted by Crippen LogP contribution is 2.28. The molecule has 0 spiro atoms. The number of halogens is 5. The molecular weight excluding hydrogens is 354 g/mol. The summed E-state index contributed by atoms with van der Waals surface area (Å²) in [6.45, 7) is 2.06. The van der Waals surface area contributed by atoms with Crippen molar-refractivity contribution in [3.05, 3.63) is 64.4 Å². The number of nitrogens with zero attached hydrogens (tertiary/aromatic N) is 1. The summed E-state index contributed by atoms with van der Waals surface area (Å²) in [5.74, 6) is -3.78. The third kappa shape index (κ3) is 5.70. The Morgan fingerprint density at radius 2 is 1.84 bits per heavy atom. The van der Waals surface area contributed by atoms with Gasteiger partial charge in [-0.25, -0.2) is 8.78 Å². The minimum Gasteiger partial charge on any atom is -0.259 e. The standard InChI is InChI=1S/C19H20ClF4N/c1-2-15(17-9-8-16(20)12-25-17)7-6-13-4-3-5-14(10-13)11-19(23,24)18(21)22/h3-5,8-10,12,15,18H,2,6-7,11H2,1H3. The third-order valence-electron chi connectivity index (χ3n) is 4.19. The SMILES string of the molecule is CCC(CCc1cccc(CC(F)(F)C(F)F)c1)c1ccc(Cl)cn1. The third-order valence-corrected chi connectivity index (χ3v) is 4.42. The molecule has 2 aromatic rings. The van der Waals surface area contributed by atoms with Gasteiger partial charge < -0.3 is 0 Å². The van der Waals surface area contributed by atoms with Gasteiger partial charge in [-0.15, -0.1) is 0 Å². The predicted molar refractivity (Wildman–Crippen MR) is 91.7 cm³/mol. The van der Waals surface area contributed by atoms with Gasteiger partial charge in [0.2, 0.25) is 0 Å². The number of benzene rings is 1. The van der Waals surface area contributed by atoms with Crippen molar-refractivity contribution in [1.29, 1.82) is 0 Å². The molecule has 1 heterocycles. The zero-order chi connectivity index (χ0) is 18.4. The van der Waals surface area contributed by atoms with E-state index in [9.17, 15) is 17.6 Å². The fraction of sp³-hybridized carbons (Fsp3) is 0.421. The minimum absolute atomic E-state index is 0.223. The molecule has 1 aromatic heterocycles. The van der Waals surface area contributed by atoms with Crippen LogP contribution in [0.4, 0.5) is 17.6 Å². The maximum Gasteiger partial charge on any atom is 0.311 e. The summed E-state index contributed by atoms with van der Waals surface area (Å²) in [6, 6.07) is 10.2. The average Bonchev–Trinajstić information content (AvgIpc) is 2.57. The Morgan fingerprint density at radius 3 is 2.44 bits per heavy atom. The Bertz CT molecular complexity index is 673. The van der Waals surface area contributed by atoms with Gasteiger partial charge in [-0.05, 0) is 42.5 Å². The van der Waals surface area contributed by atoms with Crippen LogP contribution >= 0.6 is 11.6 Å². The minimum atomic E-state index is -4.00. The Morgan fingerprint density at radius 1 is 1.12 bits per heavy atom. The lowest BCUT2D eigenvalue weighted by atomic mass is 9.93. The fourth-order valence-corrected chi connectivity index (χ4v) is 2.89. The molecule has 0 aliphatic rings. The van der Waals surface area contributed by atoms with Gasteiger partial charge in [0.15, 0.2) is 0 Å². The molecule has 0 saturated heterocycles. The number of alkyl halides is 4. The summed E-state index contributed by atoms with van der Waals surface area (Å²) in [6.07, 6.45) is -0.660. The van der Waals surface area contributed by atoms with Crippen molar-refractivity contribution in [3.63, 3.8) is 0 Å². The fourth-order valence-electron chi connectivity index (χ4n) is 2.78. The second kappa shape index (κ2) is 8.65. The number of hydrogen-bond acceptors (Lipinski definition) is 1. The molecule has 2 rings (SSSR count). The van der Waals surface area contributed by atoms with E-state index in [1.165, 1.54) is 6.07 Å². The summed E-state index contributed by atoms with van der Waals surface area (Å²) in [5.41, 5.74) is 2.02. The number of pyridine rings is 1. The predicted octanol–water partition coefficient (Wildman–Crippen LogP) is 6.30. The molecule has 1 nitrogen and oxygen atoms in total. The maximum absolute atomic E-state index is 13.2. The Kier molecular flexibility index (Phi) is 6.82. The first-order valence-electron chi connectivity index (χ1n) is 8.17. The lowest BCUT2D eigenvalue weighted by Gasteiger charge is -2.17. The van der Waals surface area contributed by atoms with Crippen LogP contribution in [0.1, 0.15) is 42.5 Å².